The monoisotopic (exact) mass is 326 g/mol. The van der Waals surface area contributed by atoms with Crippen molar-refractivity contribution in [2.45, 2.75) is 45.1 Å². The summed E-state index contributed by atoms with van der Waals surface area (Å²) in [7, 11) is 1.66. The fourth-order valence-corrected chi connectivity index (χ4v) is 3.51. The SMILES string of the molecule is CCC1CCCC(C(O)c2ccc(Br)cc2OC)C1. The zero-order valence-electron chi connectivity index (χ0n) is 11.7. The molecule has 106 valence electrons. The van der Waals surface area contributed by atoms with Crippen molar-refractivity contribution >= 4 is 15.9 Å². The van der Waals surface area contributed by atoms with Crippen LogP contribution in [-0.4, -0.2) is 12.2 Å². The molecule has 1 saturated carbocycles. The molecule has 19 heavy (non-hydrogen) atoms. The summed E-state index contributed by atoms with van der Waals surface area (Å²) in [6, 6.07) is 5.88. The average Bonchev–Trinajstić information content (AvgIpc) is 2.46. The summed E-state index contributed by atoms with van der Waals surface area (Å²) in [4.78, 5) is 0. The van der Waals surface area contributed by atoms with E-state index in [0.717, 1.165) is 34.5 Å². The number of halogens is 1. The van der Waals surface area contributed by atoms with Crippen LogP contribution in [0.1, 0.15) is 50.7 Å². The molecule has 0 aliphatic heterocycles. The van der Waals surface area contributed by atoms with Crippen LogP contribution < -0.4 is 4.74 Å². The molecule has 1 N–H and O–H groups in total. The molecule has 1 aromatic carbocycles. The Morgan fingerprint density at radius 2 is 2.21 bits per heavy atom. The lowest BCUT2D eigenvalue weighted by atomic mass is 9.76. The molecule has 3 atom stereocenters. The van der Waals surface area contributed by atoms with E-state index in [0.29, 0.717) is 5.92 Å². The molecule has 1 aliphatic rings. The Bertz CT molecular complexity index is 419. The zero-order valence-corrected chi connectivity index (χ0v) is 13.3. The predicted octanol–water partition coefficient (Wildman–Crippen LogP) is 4.71. The number of ether oxygens (including phenoxy) is 1. The lowest BCUT2D eigenvalue weighted by Gasteiger charge is -2.32. The van der Waals surface area contributed by atoms with Crippen LogP contribution in [0.2, 0.25) is 0 Å². The standard InChI is InChI=1S/C16H23BrO2/c1-3-11-5-4-6-12(9-11)16(18)14-8-7-13(17)10-15(14)19-2/h7-8,10-12,16,18H,3-6,9H2,1-2H3. The highest BCUT2D eigenvalue weighted by molar-refractivity contribution is 9.10. The number of methoxy groups -OCH3 is 1. The molecular formula is C16H23BrO2. The van der Waals surface area contributed by atoms with Gasteiger partial charge in [0.15, 0.2) is 0 Å². The molecule has 2 nitrogen and oxygen atoms in total. The molecule has 2 rings (SSSR count). The Kier molecular flexibility index (Phi) is 5.28. The van der Waals surface area contributed by atoms with E-state index in [1.54, 1.807) is 7.11 Å². The number of rotatable bonds is 4. The highest BCUT2D eigenvalue weighted by Crippen LogP contribution is 2.41. The second kappa shape index (κ2) is 6.76. The zero-order chi connectivity index (χ0) is 13.8. The number of benzene rings is 1. The van der Waals surface area contributed by atoms with Crippen LogP contribution in [0.5, 0.6) is 5.75 Å². The lowest BCUT2D eigenvalue weighted by Crippen LogP contribution is -2.21. The van der Waals surface area contributed by atoms with Crippen molar-refractivity contribution in [1.29, 1.82) is 0 Å². The number of hydrogen-bond acceptors (Lipinski definition) is 2. The molecule has 0 bridgehead atoms. The highest BCUT2D eigenvalue weighted by Gasteiger charge is 2.29. The summed E-state index contributed by atoms with van der Waals surface area (Å²) in [5.74, 6) is 1.92. The van der Waals surface area contributed by atoms with Gasteiger partial charge >= 0.3 is 0 Å². The van der Waals surface area contributed by atoms with Gasteiger partial charge < -0.3 is 9.84 Å². The summed E-state index contributed by atoms with van der Waals surface area (Å²) >= 11 is 3.44. The minimum atomic E-state index is -0.405. The molecule has 3 heteroatoms. The van der Waals surface area contributed by atoms with Crippen molar-refractivity contribution < 1.29 is 9.84 Å². The van der Waals surface area contributed by atoms with Crippen LogP contribution in [0.15, 0.2) is 22.7 Å². The first-order valence-corrected chi connectivity index (χ1v) is 7.96. The minimum absolute atomic E-state index is 0.369. The molecule has 1 fully saturated rings. The Hall–Kier alpha value is -0.540. The van der Waals surface area contributed by atoms with Gasteiger partial charge in [-0.1, -0.05) is 48.2 Å². The topological polar surface area (TPSA) is 29.5 Å². The van der Waals surface area contributed by atoms with Gasteiger partial charge in [0.25, 0.3) is 0 Å². The largest absolute Gasteiger partial charge is 0.496 e. The third-order valence-corrected chi connectivity index (χ3v) is 4.85. The molecule has 3 unspecified atom stereocenters. The molecule has 1 aromatic rings. The molecule has 0 heterocycles. The first-order chi connectivity index (χ1) is 9.15. The summed E-state index contributed by atoms with van der Waals surface area (Å²) in [5.41, 5.74) is 0.924. The number of hydrogen-bond donors (Lipinski definition) is 1. The third kappa shape index (κ3) is 3.51. The summed E-state index contributed by atoms with van der Waals surface area (Å²) in [6.07, 6.45) is 5.63. The van der Waals surface area contributed by atoms with E-state index >= 15 is 0 Å². The fourth-order valence-electron chi connectivity index (χ4n) is 3.17. The van der Waals surface area contributed by atoms with Gasteiger partial charge in [0.1, 0.15) is 5.75 Å². The van der Waals surface area contributed by atoms with Crippen LogP contribution in [0, 0.1) is 11.8 Å². The maximum absolute atomic E-state index is 10.7. The van der Waals surface area contributed by atoms with Crippen LogP contribution in [-0.2, 0) is 0 Å². The van der Waals surface area contributed by atoms with Crippen molar-refractivity contribution in [3.8, 4) is 5.75 Å². The number of aliphatic hydroxyl groups excluding tert-OH is 1. The molecule has 1 aliphatic carbocycles. The van der Waals surface area contributed by atoms with Gasteiger partial charge in [-0.2, -0.15) is 0 Å². The first-order valence-electron chi connectivity index (χ1n) is 7.17. The average molecular weight is 327 g/mol. The van der Waals surface area contributed by atoms with E-state index < -0.39 is 6.10 Å². The van der Waals surface area contributed by atoms with E-state index in [4.69, 9.17) is 4.74 Å². The first kappa shape index (κ1) is 14.9. The molecule has 0 amide bonds. The van der Waals surface area contributed by atoms with Gasteiger partial charge in [0, 0.05) is 10.0 Å². The van der Waals surface area contributed by atoms with Crippen molar-refractivity contribution in [3.05, 3.63) is 28.2 Å². The molecule has 0 radical (unpaired) electrons. The normalized spacial score (nSPS) is 25.1. The summed E-state index contributed by atoms with van der Waals surface area (Å²) in [5, 5.41) is 10.7. The summed E-state index contributed by atoms with van der Waals surface area (Å²) < 4.78 is 6.38. The summed E-state index contributed by atoms with van der Waals surface area (Å²) in [6.45, 7) is 2.25. The maximum Gasteiger partial charge on any atom is 0.125 e. The van der Waals surface area contributed by atoms with Crippen molar-refractivity contribution in [2.75, 3.05) is 7.11 Å². The van der Waals surface area contributed by atoms with Crippen LogP contribution in [0.3, 0.4) is 0 Å². The third-order valence-electron chi connectivity index (χ3n) is 4.36. The van der Waals surface area contributed by atoms with E-state index in [1.165, 1.54) is 19.3 Å². The van der Waals surface area contributed by atoms with E-state index in [2.05, 4.69) is 22.9 Å². The predicted molar refractivity (Wildman–Crippen MR) is 81.4 cm³/mol. The van der Waals surface area contributed by atoms with Gasteiger partial charge in [-0.25, -0.2) is 0 Å². The lowest BCUT2D eigenvalue weighted by molar-refractivity contribution is 0.0658. The Morgan fingerprint density at radius 1 is 1.42 bits per heavy atom. The van der Waals surface area contributed by atoms with Gasteiger partial charge in [-0.15, -0.1) is 0 Å². The quantitative estimate of drug-likeness (QED) is 0.868. The fraction of sp³-hybridized carbons (Fsp3) is 0.625. The van der Waals surface area contributed by atoms with Gasteiger partial charge in [-0.3, -0.25) is 0 Å². The number of aliphatic hydroxyl groups is 1. The van der Waals surface area contributed by atoms with E-state index in [-0.39, 0.29) is 0 Å². The van der Waals surface area contributed by atoms with E-state index in [1.807, 2.05) is 18.2 Å². The maximum atomic E-state index is 10.7. The molecule has 0 saturated heterocycles. The molecular weight excluding hydrogens is 304 g/mol. The Morgan fingerprint density at radius 3 is 2.89 bits per heavy atom. The Labute approximate surface area is 124 Å². The second-order valence-electron chi connectivity index (χ2n) is 5.53. The second-order valence-corrected chi connectivity index (χ2v) is 6.45. The van der Waals surface area contributed by atoms with Crippen molar-refractivity contribution in [3.63, 3.8) is 0 Å². The van der Waals surface area contributed by atoms with Crippen LogP contribution in [0.25, 0.3) is 0 Å². The van der Waals surface area contributed by atoms with E-state index in [9.17, 15) is 5.11 Å². The smallest absolute Gasteiger partial charge is 0.125 e. The van der Waals surface area contributed by atoms with Gasteiger partial charge in [0.05, 0.1) is 13.2 Å². The van der Waals surface area contributed by atoms with Crippen LogP contribution in [0.4, 0.5) is 0 Å². The minimum Gasteiger partial charge on any atom is -0.496 e. The Balaban J connectivity index is 2.16. The van der Waals surface area contributed by atoms with Crippen molar-refractivity contribution in [1.82, 2.24) is 0 Å². The highest BCUT2D eigenvalue weighted by atomic mass is 79.9. The van der Waals surface area contributed by atoms with Crippen LogP contribution >= 0.6 is 15.9 Å². The van der Waals surface area contributed by atoms with Gasteiger partial charge in [0.2, 0.25) is 0 Å². The van der Waals surface area contributed by atoms with Crippen molar-refractivity contribution in [2.24, 2.45) is 11.8 Å². The molecule has 0 aromatic heterocycles. The molecule has 0 spiro atoms. The van der Waals surface area contributed by atoms with Gasteiger partial charge in [-0.05, 0) is 36.8 Å².